The van der Waals surface area contributed by atoms with Crippen LogP contribution in [0.4, 0.5) is 13.2 Å². The van der Waals surface area contributed by atoms with Gasteiger partial charge in [0.15, 0.2) is 0 Å². The summed E-state index contributed by atoms with van der Waals surface area (Å²) >= 11 is 5.96. The molecule has 2 unspecified atom stereocenters. The first-order chi connectivity index (χ1) is 12.5. The number of carbonyl (C=O) groups excluding carboxylic acids is 1. The Kier molecular flexibility index (Phi) is 6.32. The van der Waals surface area contributed by atoms with E-state index in [1.807, 2.05) is 0 Å². The molecule has 1 heterocycles. The van der Waals surface area contributed by atoms with Crippen molar-refractivity contribution in [2.75, 3.05) is 12.1 Å². The number of benzene rings is 1. The highest BCUT2D eigenvalue weighted by atomic mass is 35.5. The minimum Gasteiger partial charge on any atom is -0.271 e. The normalized spacial score (nSPS) is 16.2. The van der Waals surface area contributed by atoms with Crippen molar-refractivity contribution in [3.05, 3.63) is 59.8 Å². The van der Waals surface area contributed by atoms with Gasteiger partial charge in [-0.15, -0.1) is 11.6 Å². The van der Waals surface area contributed by atoms with Crippen molar-refractivity contribution >= 4 is 27.2 Å². The maximum Gasteiger partial charge on any atom is 0.416 e. The average Bonchev–Trinajstić information content (AvgIpc) is 2.61. The van der Waals surface area contributed by atoms with Gasteiger partial charge in [0.2, 0.25) is 0 Å². The molecule has 2 atom stereocenters. The number of amides is 1. The first-order valence-corrected chi connectivity index (χ1v) is 10.3. The van der Waals surface area contributed by atoms with Crippen molar-refractivity contribution in [2.24, 2.45) is 9.78 Å². The molecule has 0 saturated heterocycles. The van der Waals surface area contributed by atoms with E-state index in [0.717, 1.165) is 12.1 Å². The fourth-order valence-corrected chi connectivity index (χ4v) is 3.76. The van der Waals surface area contributed by atoms with E-state index in [1.54, 1.807) is 12.1 Å². The number of nitrogens with zero attached hydrogens (tertiary/aromatic N) is 2. The van der Waals surface area contributed by atoms with Crippen molar-refractivity contribution in [3.8, 4) is 0 Å². The lowest BCUT2D eigenvalue weighted by Gasteiger charge is -2.23. The Morgan fingerprint density at radius 3 is 2.30 bits per heavy atom. The van der Waals surface area contributed by atoms with Crippen molar-refractivity contribution in [1.29, 1.82) is 0 Å². The number of hydrogen-bond acceptors (Lipinski definition) is 3. The van der Waals surface area contributed by atoms with Gasteiger partial charge in [-0.05, 0) is 43.2 Å². The second-order valence-corrected chi connectivity index (χ2v) is 8.91. The van der Waals surface area contributed by atoms with Crippen LogP contribution in [-0.4, -0.2) is 27.2 Å². The molecule has 2 aromatic rings. The Labute approximate surface area is 161 Å². The topological polar surface area (TPSA) is 59.4 Å². The number of hydrogen-bond donors (Lipinski definition) is 0. The Morgan fingerprint density at radius 2 is 1.81 bits per heavy atom. The molecule has 0 aliphatic heterocycles. The molecule has 0 aliphatic carbocycles. The van der Waals surface area contributed by atoms with Crippen LogP contribution >= 0.6 is 11.6 Å². The van der Waals surface area contributed by atoms with Crippen molar-refractivity contribution < 1.29 is 22.2 Å². The second-order valence-electron chi connectivity index (χ2n) is 6.43. The zero-order valence-corrected chi connectivity index (χ0v) is 16.2. The van der Waals surface area contributed by atoms with E-state index >= 15 is 0 Å². The molecule has 2 rings (SSSR count). The molecule has 1 aromatic carbocycles. The molecule has 27 heavy (non-hydrogen) atoms. The van der Waals surface area contributed by atoms with Gasteiger partial charge in [-0.25, -0.2) is 9.19 Å². The Balaban J connectivity index is 2.29. The summed E-state index contributed by atoms with van der Waals surface area (Å²) in [4.78, 5) is 16.6. The summed E-state index contributed by atoms with van der Waals surface area (Å²) in [5.41, 5.74) is -1.49. The van der Waals surface area contributed by atoms with Gasteiger partial charge >= 0.3 is 6.18 Å². The van der Waals surface area contributed by atoms with Crippen LogP contribution in [-0.2, 0) is 27.1 Å². The molecule has 0 spiro atoms. The fraction of sp³-hybridized carbons (Fsp3) is 0.333. The highest BCUT2D eigenvalue weighted by Gasteiger charge is 2.35. The van der Waals surface area contributed by atoms with Crippen LogP contribution in [0.25, 0.3) is 0 Å². The van der Waals surface area contributed by atoms with Crippen LogP contribution in [0, 0.1) is 5.41 Å². The summed E-state index contributed by atoms with van der Waals surface area (Å²) in [5.74, 6) is -0.816. The molecule has 0 aliphatic rings. The van der Waals surface area contributed by atoms with Crippen molar-refractivity contribution in [1.82, 2.24) is 4.98 Å². The Bertz CT molecular complexity index is 924. The number of rotatable bonds is 5. The van der Waals surface area contributed by atoms with E-state index in [1.165, 1.54) is 37.6 Å². The lowest BCUT2D eigenvalue weighted by atomic mass is 9.84. The Morgan fingerprint density at radius 1 is 1.19 bits per heavy atom. The van der Waals surface area contributed by atoms with Gasteiger partial charge in [0.05, 0.1) is 20.7 Å². The van der Waals surface area contributed by atoms with Crippen LogP contribution in [0.3, 0.4) is 0 Å². The number of alkyl halides is 4. The first-order valence-electron chi connectivity index (χ1n) is 7.88. The molecule has 1 amide bonds. The lowest BCUT2D eigenvalue weighted by molar-refractivity contribution is -0.137. The van der Waals surface area contributed by atoms with E-state index < -0.39 is 32.8 Å². The van der Waals surface area contributed by atoms with Crippen LogP contribution in [0.1, 0.15) is 18.1 Å². The van der Waals surface area contributed by atoms with E-state index in [9.17, 15) is 22.2 Å². The minimum absolute atomic E-state index is 0.0642. The number of carbonyl (C=O) groups is 1. The molecular weight excluding hydrogens is 401 g/mol. The quantitative estimate of drug-likeness (QED) is 0.668. The third-order valence-corrected chi connectivity index (χ3v) is 6.09. The van der Waals surface area contributed by atoms with Gasteiger partial charge in [0, 0.05) is 18.3 Å². The summed E-state index contributed by atoms with van der Waals surface area (Å²) in [5, 5.41) is 0.171. The first kappa shape index (κ1) is 21.4. The molecule has 1 aromatic heterocycles. The number of pyridine rings is 1. The summed E-state index contributed by atoms with van der Waals surface area (Å²) in [7, 11) is -3.06. The molecule has 0 saturated carbocycles. The molecule has 4 nitrogen and oxygen atoms in total. The van der Waals surface area contributed by atoms with Gasteiger partial charge in [0.1, 0.15) is 5.03 Å². The summed E-state index contributed by atoms with van der Waals surface area (Å²) in [6.07, 6.45) is -1.62. The van der Waals surface area contributed by atoms with Gasteiger partial charge in [-0.2, -0.15) is 17.5 Å². The third-order valence-electron chi connectivity index (χ3n) is 3.97. The summed E-state index contributed by atoms with van der Waals surface area (Å²) in [6.45, 7) is 1.54. The predicted molar refractivity (Wildman–Crippen MR) is 98.0 cm³/mol. The summed E-state index contributed by atoms with van der Waals surface area (Å²) < 4.78 is 54.6. The molecule has 0 fully saturated rings. The van der Waals surface area contributed by atoms with Gasteiger partial charge in [-0.3, -0.25) is 4.79 Å². The summed E-state index contributed by atoms with van der Waals surface area (Å²) in [6, 6.07) is 9.27. The molecule has 0 radical (unpaired) electrons. The largest absolute Gasteiger partial charge is 0.416 e. The molecule has 0 N–H and O–H groups in total. The number of aromatic nitrogens is 1. The molecule has 9 heteroatoms. The highest BCUT2D eigenvalue weighted by Crippen LogP contribution is 2.31. The van der Waals surface area contributed by atoms with E-state index in [0.29, 0.717) is 5.56 Å². The van der Waals surface area contributed by atoms with Crippen LogP contribution < -0.4 is 0 Å². The van der Waals surface area contributed by atoms with Crippen molar-refractivity contribution in [2.45, 2.75) is 24.5 Å². The van der Waals surface area contributed by atoms with Crippen molar-refractivity contribution in [3.63, 3.8) is 0 Å². The molecule has 146 valence electrons. The van der Waals surface area contributed by atoms with Crippen LogP contribution in [0.2, 0.25) is 0 Å². The standard InChI is InChI=1S/C18H18ClF3N2O2S/c1-17(12-19,11-13-6-8-14(9-7-13)18(20,21)22)16(25)24-27(2,26)15-5-3-4-10-23-15/h3-10H,11-12H2,1-2H3. The van der Waals surface area contributed by atoms with Crippen LogP contribution in [0.5, 0.6) is 0 Å². The van der Waals surface area contributed by atoms with E-state index in [4.69, 9.17) is 11.6 Å². The predicted octanol–water partition coefficient (Wildman–Crippen LogP) is 4.57. The number of halogens is 4. The SMILES string of the molecule is CC(CCl)(Cc1ccc(C(F)(F)F)cc1)C(=O)N=S(C)(=O)c1ccccn1. The smallest absolute Gasteiger partial charge is 0.271 e. The lowest BCUT2D eigenvalue weighted by Crippen LogP contribution is -2.31. The highest BCUT2D eigenvalue weighted by molar-refractivity contribution is 7.93. The second kappa shape index (κ2) is 7.98. The molecule has 0 bridgehead atoms. The molecular formula is C18H18ClF3N2O2S. The zero-order chi connectivity index (χ0) is 20.3. The maximum atomic E-state index is 12.8. The van der Waals surface area contributed by atoms with Gasteiger partial charge < -0.3 is 0 Å². The average molecular weight is 419 g/mol. The van der Waals surface area contributed by atoms with Gasteiger partial charge in [0.25, 0.3) is 5.91 Å². The maximum absolute atomic E-state index is 12.8. The minimum atomic E-state index is -4.43. The van der Waals surface area contributed by atoms with Crippen LogP contribution in [0.15, 0.2) is 58.1 Å². The fourth-order valence-electron chi connectivity index (χ4n) is 2.33. The third kappa shape index (κ3) is 5.29. The zero-order valence-electron chi connectivity index (χ0n) is 14.7. The van der Waals surface area contributed by atoms with E-state index in [2.05, 4.69) is 9.35 Å². The Hall–Kier alpha value is -1.93. The van der Waals surface area contributed by atoms with Gasteiger partial charge in [-0.1, -0.05) is 18.2 Å². The monoisotopic (exact) mass is 418 g/mol. The van der Waals surface area contributed by atoms with E-state index in [-0.39, 0.29) is 17.3 Å².